The van der Waals surface area contributed by atoms with Crippen LogP contribution in [0.3, 0.4) is 0 Å². The van der Waals surface area contributed by atoms with Gasteiger partial charge in [0.1, 0.15) is 0 Å². The van der Waals surface area contributed by atoms with E-state index in [0.29, 0.717) is 26.1 Å². The molecule has 0 bridgehead atoms. The summed E-state index contributed by atoms with van der Waals surface area (Å²) >= 11 is 0. The van der Waals surface area contributed by atoms with Crippen molar-refractivity contribution in [1.82, 2.24) is 9.29 Å². The fourth-order valence-corrected chi connectivity index (χ4v) is 3.38. The van der Waals surface area contributed by atoms with Gasteiger partial charge in [0.2, 0.25) is 10.0 Å². The molecule has 0 aliphatic carbocycles. The molecule has 0 aliphatic rings. The highest BCUT2D eigenvalue weighted by Gasteiger charge is 2.20. The maximum absolute atomic E-state index is 12.2. The third-order valence-corrected chi connectivity index (χ3v) is 4.87. The number of nitrogens with two attached hydrogens (primary N) is 1. The van der Waals surface area contributed by atoms with E-state index in [0.717, 1.165) is 17.8 Å². The van der Waals surface area contributed by atoms with Gasteiger partial charge in [-0.1, -0.05) is 13.0 Å². The highest BCUT2D eigenvalue weighted by molar-refractivity contribution is 7.89. The Morgan fingerprint density at radius 3 is 2.63 bits per heavy atom. The first kappa shape index (κ1) is 16.1. The van der Waals surface area contributed by atoms with Gasteiger partial charge in [0, 0.05) is 12.2 Å². The van der Waals surface area contributed by atoms with Crippen molar-refractivity contribution in [3.05, 3.63) is 29.6 Å². The van der Waals surface area contributed by atoms with E-state index in [1.54, 1.807) is 0 Å². The Morgan fingerprint density at radius 1 is 1.32 bits per heavy atom. The van der Waals surface area contributed by atoms with Gasteiger partial charge in [-0.3, -0.25) is 4.98 Å². The lowest BCUT2D eigenvalue weighted by Crippen LogP contribution is -2.33. The zero-order chi connectivity index (χ0) is 14.3. The Labute approximate surface area is 115 Å². The summed E-state index contributed by atoms with van der Waals surface area (Å²) in [7, 11) is -3.22. The molecule has 1 aromatic heterocycles. The van der Waals surface area contributed by atoms with Crippen LogP contribution >= 0.6 is 0 Å². The molecule has 0 aromatic carbocycles. The van der Waals surface area contributed by atoms with Gasteiger partial charge >= 0.3 is 0 Å². The number of nitrogens with zero attached hydrogens (tertiary/aromatic N) is 2. The van der Waals surface area contributed by atoms with Gasteiger partial charge < -0.3 is 5.73 Å². The highest BCUT2D eigenvalue weighted by Crippen LogP contribution is 2.10. The van der Waals surface area contributed by atoms with E-state index >= 15 is 0 Å². The van der Waals surface area contributed by atoms with Crippen LogP contribution in [0.5, 0.6) is 0 Å². The van der Waals surface area contributed by atoms with E-state index < -0.39 is 10.0 Å². The summed E-state index contributed by atoms with van der Waals surface area (Å²) in [6.45, 7) is 5.07. The monoisotopic (exact) mass is 285 g/mol. The van der Waals surface area contributed by atoms with Crippen LogP contribution in [-0.2, 0) is 16.6 Å². The lowest BCUT2D eigenvalue weighted by Gasteiger charge is -2.20. The SMILES string of the molecule is CCN(Cc1cccc(C)n1)S(=O)(=O)CCCCN. The maximum atomic E-state index is 12.2. The number of aryl methyl sites for hydroxylation is 1. The van der Waals surface area contributed by atoms with E-state index in [2.05, 4.69) is 4.98 Å². The summed E-state index contributed by atoms with van der Waals surface area (Å²) in [5.41, 5.74) is 7.07. The average molecular weight is 285 g/mol. The molecule has 5 nitrogen and oxygen atoms in total. The van der Waals surface area contributed by atoms with Crippen molar-refractivity contribution < 1.29 is 8.42 Å². The van der Waals surface area contributed by atoms with Gasteiger partial charge in [-0.2, -0.15) is 4.31 Å². The molecule has 1 rings (SSSR count). The van der Waals surface area contributed by atoms with Crippen molar-refractivity contribution in [2.24, 2.45) is 5.73 Å². The van der Waals surface area contributed by atoms with Crippen LogP contribution in [0.15, 0.2) is 18.2 Å². The molecule has 0 saturated carbocycles. The van der Waals surface area contributed by atoms with E-state index in [-0.39, 0.29) is 5.75 Å². The molecule has 0 atom stereocenters. The zero-order valence-corrected chi connectivity index (χ0v) is 12.5. The standard InChI is InChI=1S/C13H23N3O2S/c1-3-16(19(17,18)10-5-4-9-14)11-13-8-6-7-12(2)15-13/h6-8H,3-5,9-11,14H2,1-2H3. The molecule has 2 N–H and O–H groups in total. The zero-order valence-electron chi connectivity index (χ0n) is 11.7. The second-order valence-corrected chi connectivity index (χ2v) is 6.60. The summed E-state index contributed by atoms with van der Waals surface area (Å²) in [6, 6.07) is 5.65. The number of pyridine rings is 1. The van der Waals surface area contributed by atoms with Crippen molar-refractivity contribution in [2.45, 2.75) is 33.2 Å². The van der Waals surface area contributed by atoms with Crippen LogP contribution in [0.4, 0.5) is 0 Å². The molecule has 0 unspecified atom stereocenters. The molecule has 0 saturated heterocycles. The first-order valence-corrected chi connectivity index (χ1v) is 8.21. The average Bonchev–Trinajstić information content (AvgIpc) is 2.36. The quantitative estimate of drug-likeness (QED) is 0.730. The Balaban J connectivity index is 2.72. The first-order valence-electron chi connectivity index (χ1n) is 6.60. The number of aromatic nitrogens is 1. The first-order chi connectivity index (χ1) is 8.99. The van der Waals surface area contributed by atoms with E-state index in [1.165, 1.54) is 4.31 Å². The van der Waals surface area contributed by atoms with Gasteiger partial charge in [0.25, 0.3) is 0 Å². The van der Waals surface area contributed by atoms with Crippen LogP contribution in [0.25, 0.3) is 0 Å². The fourth-order valence-electron chi connectivity index (χ4n) is 1.83. The van der Waals surface area contributed by atoms with Crippen LogP contribution < -0.4 is 5.73 Å². The summed E-state index contributed by atoms with van der Waals surface area (Å²) in [4.78, 5) is 4.34. The summed E-state index contributed by atoms with van der Waals surface area (Å²) < 4.78 is 25.8. The van der Waals surface area contributed by atoms with Crippen molar-refractivity contribution >= 4 is 10.0 Å². The fraction of sp³-hybridized carbons (Fsp3) is 0.615. The molecule has 1 aromatic rings. The smallest absolute Gasteiger partial charge is 0.214 e. The molecule has 0 radical (unpaired) electrons. The summed E-state index contributed by atoms with van der Waals surface area (Å²) in [5, 5.41) is 0. The Kier molecular flexibility index (Phi) is 6.41. The van der Waals surface area contributed by atoms with Crippen LogP contribution in [-0.4, -0.2) is 36.5 Å². The molecule has 0 fully saturated rings. The van der Waals surface area contributed by atoms with Crippen LogP contribution in [0.1, 0.15) is 31.2 Å². The van der Waals surface area contributed by atoms with Crippen LogP contribution in [0.2, 0.25) is 0 Å². The third-order valence-electron chi connectivity index (χ3n) is 2.89. The lowest BCUT2D eigenvalue weighted by atomic mass is 10.3. The van der Waals surface area contributed by atoms with Crippen molar-refractivity contribution in [3.8, 4) is 0 Å². The van der Waals surface area contributed by atoms with Gasteiger partial charge in [0.05, 0.1) is 18.0 Å². The van der Waals surface area contributed by atoms with Gasteiger partial charge in [0.15, 0.2) is 0 Å². The molecule has 0 aliphatic heterocycles. The van der Waals surface area contributed by atoms with Crippen molar-refractivity contribution in [2.75, 3.05) is 18.8 Å². The minimum atomic E-state index is -3.22. The van der Waals surface area contributed by atoms with Crippen LogP contribution in [0, 0.1) is 6.92 Å². The molecule has 0 spiro atoms. The Bertz CT molecular complexity index is 488. The molecular formula is C13H23N3O2S. The highest BCUT2D eigenvalue weighted by atomic mass is 32.2. The minimum Gasteiger partial charge on any atom is -0.330 e. The van der Waals surface area contributed by atoms with E-state index in [4.69, 9.17) is 5.73 Å². The minimum absolute atomic E-state index is 0.157. The number of hydrogen-bond acceptors (Lipinski definition) is 4. The van der Waals surface area contributed by atoms with Gasteiger partial charge in [-0.15, -0.1) is 0 Å². The second-order valence-electron chi connectivity index (χ2n) is 4.51. The summed E-state index contributed by atoms with van der Waals surface area (Å²) in [5.74, 6) is 0.157. The molecule has 6 heteroatoms. The Hall–Kier alpha value is -0.980. The number of unbranched alkanes of at least 4 members (excludes halogenated alkanes) is 1. The van der Waals surface area contributed by atoms with Crippen molar-refractivity contribution in [1.29, 1.82) is 0 Å². The summed E-state index contributed by atoms with van der Waals surface area (Å²) in [6.07, 6.45) is 1.34. The largest absolute Gasteiger partial charge is 0.330 e. The predicted molar refractivity (Wildman–Crippen MR) is 77.1 cm³/mol. The van der Waals surface area contributed by atoms with Crippen molar-refractivity contribution in [3.63, 3.8) is 0 Å². The molecular weight excluding hydrogens is 262 g/mol. The predicted octanol–water partition coefficient (Wildman–Crippen LogP) is 1.28. The normalized spacial score (nSPS) is 12.0. The maximum Gasteiger partial charge on any atom is 0.214 e. The lowest BCUT2D eigenvalue weighted by molar-refractivity contribution is 0.417. The van der Waals surface area contributed by atoms with E-state index in [9.17, 15) is 8.42 Å². The van der Waals surface area contributed by atoms with E-state index in [1.807, 2.05) is 32.0 Å². The number of sulfonamides is 1. The van der Waals surface area contributed by atoms with Gasteiger partial charge in [-0.25, -0.2) is 8.42 Å². The second kappa shape index (κ2) is 7.57. The third kappa shape index (κ3) is 5.26. The molecule has 0 amide bonds. The Morgan fingerprint density at radius 2 is 2.05 bits per heavy atom. The molecule has 108 valence electrons. The number of rotatable bonds is 8. The topological polar surface area (TPSA) is 76.3 Å². The van der Waals surface area contributed by atoms with Gasteiger partial charge in [-0.05, 0) is 38.4 Å². The molecule has 19 heavy (non-hydrogen) atoms. The molecule has 1 heterocycles. The number of hydrogen-bond donors (Lipinski definition) is 1.